The number of aromatic nitrogens is 1. The van der Waals surface area contributed by atoms with Gasteiger partial charge in [-0.1, -0.05) is 104 Å². The maximum atomic E-state index is 6.80. The number of benzene rings is 5. The molecule has 4 heteroatoms. The Morgan fingerprint density at radius 1 is 0.784 bits per heavy atom. The minimum atomic E-state index is 0.598. The predicted molar refractivity (Wildman–Crippen MR) is 213 cm³/mol. The number of anilines is 1. The third kappa shape index (κ3) is 5.37. The highest BCUT2D eigenvalue weighted by Gasteiger charge is 2.24. The molecule has 0 saturated heterocycles. The van der Waals surface area contributed by atoms with Gasteiger partial charge in [-0.15, -0.1) is 0 Å². The zero-order valence-electron chi connectivity index (χ0n) is 28.3. The van der Waals surface area contributed by atoms with Crippen LogP contribution in [0.1, 0.15) is 36.8 Å². The lowest BCUT2D eigenvalue weighted by atomic mass is 9.89. The number of rotatable bonds is 8. The van der Waals surface area contributed by atoms with Gasteiger partial charge in [-0.05, 0) is 108 Å². The molecule has 5 aromatic carbocycles. The van der Waals surface area contributed by atoms with Crippen molar-refractivity contribution < 1.29 is 8.83 Å². The van der Waals surface area contributed by atoms with E-state index in [1.54, 1.807) is 6.08 Å². The van der Waals surface area contributed by atoms with Crippen LogP contribution in [0.4, 0.5) is 5.69 Å². The number of hydrogen-bond donors (Lipinski definition) is 0. The van der Waals surface area contributed by atoms with Gasteiger partial charge < -0.3 is 13.7 Å². The van der Waals surface area contributed by atoms with Crippen molar-refractivity contribution in [2.45, 2.75) is 25.7 Å². The molecule has 0 bridgehead atoms. The minimum Gasteiger partial charge on any atom is -0.455 e. The highest BCUT2D eigenvalue weighted by molar-refractivity contribution is 6.19. The third-order valence-electron chi connectivity index (χ3n) is 9.98. The second-order valence-electron chi connectivity index (χ2n) is 13.0. The highest BCUT2D eigenvalue weighted by Crippen LogP contribution is 2.45. The predicted octanol–water partition coefficient (Wildman–Crippen LogP) is 13.1. The molecule has 246 valence electrons. The number of hydrogen-bond acceptors (Lipinski definition) is 4. The van der Waals surface area contributed by atoms with Crippen LogP contribution in [0.5, 0.6) is 0 Å². The molecule has 7 aromatic rings. The van der Waals surface area contributed by atoms with Crippen LogP contribution < -0.4 is 4.90 Å². The Balaban J connectivity index is 1.18. The van der Waals surface area contributed by atoms with Crippen molar-refractivity contribution in [2.24, 2.45) is 0 Å². The molecule has 2 aromatic heterocycles. The summed E-state index contributed by atoms with van der Waals surface area (Å²) >= 11 is 0. The fourth-order valence-electron chi connectivity index (χ4n) is 7.59. The van der Waals surface area contributed by atoms with Crippen molar-refractivity contribution in [2.75, 3.05) is 4.90 Å². The van der Waals surface area contributed by atoms with E-state index in [2.05, 4.69) is 109 Å². The van der Waals surface area contributed by atoms with Crippen LogP contribution in [-0.4, -0.2) is 4.98 Å². The Labute approximate surface area is 297 Å². The molecule has 9 rings (SSSR count). The summed E-state index contributed by atoms with van der Waals surface area (Å²) in [4.78, 5) is 7.26. The number of allylic oxidation sites excluding steroid dienone is 11. The molecule has 2 heterocycles. The highest BCUT2D eigenvalue weighted by atomic mass is 16.3. The first-order valence-electron chi connectivity index (χ1n) is 17.6. The van der Waals surface area contributed by atoms with Crippen LogP contribution in [-0.2, 0) is 0 Å². The molecule has 0 radical (unpaired) electrons. The molecule has 2 aliphatic rings. The summed E-state index contributed by atoms with van der Waals surface area (Å²) in [6.07, 6.45) is 21.0. The van der Waals surface area contributed by atoms with Gasteiger partial charge in [-0.25, -0.2) is 4.98 Å². The molecule has 0 saturated carbocycles. The molecule has 2 aliphatic carbocycles. The van der Waals surface area contributed by atoms with E-state index in [1.807, 2.05) is 48.6 Å². The van der Waals surface area contributed by atoms with Crippen LogP contribution in [0.2, 0.25) is 0 Å². The molecule has 0 amide bonds. The fraction of sp³-hybridized carbons (Fsp3) is 0.0851. The SMILES string of the molecule is C=C/C=C(\C=C)c1ccc(N(C2=CCCC=C2)C2=CC=C(c3c4ccccc4cc4c3oc3cccc(-c5nc6ccccc6o5)c34)CC2)cc1. The number of nitrogens with zero attached hydrogens (tertiary/aromatic N) is 2. The lowest BCUT2D eigenvalue weighted by molar-refractivity contribution is 0.620. The Morgan fingerprint density at radius 2 is 1.63 bits per heavy atom. The number of oxazole rings is 1. The Morgan fingerprint density at radius 3 is 2.41 bits per heavy atom. The average molecular weight is 661 g/mol. The van der Waals surface area contributed by atoms with Crippen LogP contribution in [0.3, 0.4) is 0 Å². The molecule has 51 heavy (non-hydrogen) atoms. The van der Waals surface area contributed by atoms with Gasteiger partial charge in [0.25, 0.3) is 0 Å². The first kappa shape index (κ1) is 30.7. The molecule has 4 nitrogen and oxygen atoms in total. The van der Waals surface area contributed by atoms with E-state index in [0.29, 0.717) is 5.89 Å². The van der Waals surface area contributed by atoms with Crippen molar-refractivity contribution in [1.29, 1.82) is 0 Å². The Kier molecular flexibility index (Phi) is 7.70. The standard InChI is InChI=1S/C47H36N2O2/c1-3-13-31(4-2)32-22-26-36(27-23-32)49(35-15-6-5-7-16-35)37-28-24-33(25-29-37)44-38-17-9-8-14-34(38)30-40-45-39(18-12-21-43(45)50-46(40)44)47-48-41-19-10-11-20-42(41)51-47/h3-4,6,8-24,26-28,30H,1-2,5,7,25,29H2/b31-13+. The van der Waals surface area contributed by atoms with Crippen molar-refractivity contribution in [1.82, 2.24) is 4.98 Å². The maximum absolute atomic E-state index is 6.80. The third-order valence-corrected chi connectivity index (χ3v) is 9.98. The van der Waals surface area contributed by atoms with E-state index in [9.17, 15) is 0 Å². The van der Waals surface area contributed by atoms with E-state index in [-0.39, 0.29) is 0 Å². The van der Waals surface area contributed by atoms with Crippen LogP contribution in [0, 0.1) is 0 Å². The molecule has 0 spiro atoms. The molecule has 0 atom stereocenters. The summed E-state index contributed by atoms with van der Waals surface area (Å²) < 4.78 is 13.1. The lowest BCUT2D eigenvalue weighted by Gasteiger charge is -2.32. The Hall–Kier alpha value is -6.39. The molecule has 0 unspecified atom stereocenters. The van der Waals surface area contributed by atoms with E-state index < -0.39 is 0 Å². The van der Waals surface area contributed by atoms with Gasteiger partial charge >= 0.3 is 0 Å². The largest absolute Gasteiger partial charge is 0.455 e. The van der Waals surface area contributed by atoms with Gasteiger partial charge in [0.05, 0.1) is 0 Å². The van der Waals surface area contributed by atoms with Crippen molar-refractivity contribution in [3.8, 4) is 11.5 Å². The van der Waals surface area contributed by atoms with Gasteiger partial charge in [-0.3, -0.25) is 0 Å². The summed E-state index contributed by atoms with van der Waals surface area (Å²) in [7, 11) is 0. The van der Waals surface area contributed by atoms with Gasteiger partial charge in [0, 0.05) is 39.0 Å². The number of fused-ring (bicyclic) bond motifs is 5. The second-order valence-corrected chi connectivity index (χ2v) is 13.0. The quantitative estimate of drug-likeness (QED) is 0.152. The van der Waals surface area contributed by atoms with Crippen LogP contribution in [0.15, 0.2) is 179 Å². The summed E-state index contributed by atoms with van der Waals surface area (Å²) in [6.45, 7) is 7.86. The molecular formula is C47H36N2O2. The smallest absolute Gasteiger partial charge is 0.228 e. The zero-order valence-corrected chi connectivity index (χ0v) is 28.3. The average Bonchev–Trinajstić information content (AvgIpc) is 3.79. The van der Waals surface area contributed by atoms with Crippen LogP contribution in [0.25, 0.3) is 66.4 Å². The maximum Gasteiger partial charge on any atom is 0.228 e. The van der Waals surface area contributed by atoms with Crippen molar-refractivity contribution in [3.05, 3.63) is 181 Å². The van der Waals surface area contributed by atoms with Gasteiger partial charge in [0.2, 0.25) is 5.89 Å². The van der Waals surface area contributed by atoms with E-state index in [1.165, 1.54) is 27.7 Å². The van der Waals surface area contributed by atoms with Gasteiger partial charge in [-0.2, -0.15) is 0 Å². The monoisotopic (exact) mass is 660 g/mol. The molecular weight excluding hydrogens is 625 g/mol. The summed E-state index contributed by atoms with van der Waals surface area (Å²) in [5, 5.41) is 4.45. The summed E-state index contributed by atoms with van der Waals surface area (Å²) in [5.74, 6) is 0.598. The fourth-order valence-corrected chi connectivity index (χ4v) is 7.59. The first-order chi connectivity index (χ1) is 25.2. The number of para-hydroxylation sites is 2. The normalized spacial score (nSPS) is 14.9. The molecule has 0 N–H and O–H groups in total. The summed E-state index contributed by atoms with van der Waals surface area (Å²) in [5.41, 5.74) is 12.4. The Bertz CT molecular complexity index is 2640. The van der Waals surface area contributed by atoms with Crippen LogP contribution >= 0.6 is 0 Å². The van der Waals surface area contributed by atoms with Crippen molar-refractivity contribution in [3.63, 3.8) is 0 Å². The first-order valence-corrected chi connectivity index (χ1v) is 17.6. The lowest BCUT2D eigenvalue weighted by Crippen LogP contribution is -2.22. The molecule has 0 aliphatic heterocycles. The molecule has 0 fully saturated rings. The van der Waals surface area contributed by atoms with E-state index in [0.717, 1.165) is 86.7 Å². The zero-order chi connectivity index (χ0) is 34.3. The van der Waals surface area contributed by atoms with Gasteiger partial charge in [0.15, 0.2) is 5.58 Å². The van der Waals surface area contributed by atoms with E-state index >= 15 is 0 Å². The second kappa shape index (κ2) is 12.8. The number of furan rings is 1. The topological polar surface area (TPSA) is 42.4 Å². The minimum absolute atomic E-state index is 0.598. The van der Waals surface area contributed by atoms with Crippen molar-refractivity contribution >= 4 is 60.6 Å². The van der Waals surface area contributed by atoms with E-state index in [4.69, 9.17) is 13.8 Å². The summed E-state index contributed by atoms with van der Waals surface area (Å²) in [6, 6.07) is 33.7. The van der Waals surface area contributed by atoms with Gasteiger partial charge in [0.1, 0.15) is 16.7 Å².